The average molecular weight is 658 g/mol. The van der Waals surface area contributed by atoms with Crippen LogP contribution in [0.5, 0.6) is 0 Å². The largest absolute Gasteiger partial charge is 0.387 e. The minimum absolute atomic E-state index is 0.0460. The van der Waals surface area contributed by atoms with Crippen molar-refractivity contribution in [1.82, 2.24) is 20.9 Å². The number of Topliss-reactive ketones (excluding diaryl/α,β-unsaturated/α-hetero) is 1. The average Bonchev–Trinajstić information content (AvgIpc) is 3.62. The Hall–Kier alpha value is -3.47. The molecule has 1 aromatic carbocycles. The number of carbonyl (C=O) groups is 5. The lowest BCUT2D eigenvalue weighted by molar-refractivity contribution is -0.145. The highest BCUT2D eigenvalue weighted by molar-refractivity contribution is 6.38. The highest BCUT2D eigenvalue weighted by Gasteiger charge is 2.55. The maximum atomic E-state index is 14.5. The third kappa shape index (κ3) is 8.46. The summed E-state index contributed by atoms with van der Waals surface area (Å²) >= 11 is 6.22. The molecular formula is C34H48ClN5O6. The van der Waals surface area contributed by atoms with Crippen LogP contribution in [0.3, 0.4) is 0 Å². The molecule has 1 spiro atoms. The van der Waals surface area contributed by atoms with Crippen LogP contribution in [0.1, 0.15) is 97.5 Å². The summed E-state index contributed by atoms with van der Waals surface area (Å²) in [4.78, 5) is 74.2. The van der Waals surface area contributed by atoms with Gasteiger partial charge in [0.05, 0.1) is 18.3 Å². The summed E-state index contributed by atoms with van der Waals surface area (Å²) in [5.41, 5.74) is -0.260. The molecule has 0 aromatic heterocycles. The molecule has 1 saturated carbocycles. The number of oxime groups is 1. The third-order valence-electron chi connectivity index (χ3n) is 9.26. The fourth-order valence-corrected chi connectivity index (χ4v) is 6.94. The minimum atomic E-state index is -1.05. The van der Waals surface area contributed by atoms with Crippen molar-refractivity contribution in [3.63, 3.8) is 0 Å². The first-order valence-electron chi connectivity index (χ1n) is 16.4. The molecule has 0 radical (unpaired) electrons. The summed E-state index contributed by atoms with van der Waals surface area (Å²) in [7, 11) is 1.36. The standard InChI is InChI=1S/C34H48ClN5O6/c1-6-11-24(28(42)31(44)36-5)37-30(43)26-19-34(18-25(39-46-34)22-14-10-15-23(35)17-22)20-40(26)32(45)29(33(2,3)4)38-27(41)16-21-12-8-7-9-13-21/h10,14-15,17,21,24,26,29H,6-9,11-13,16,18-20H2,1-5H3,(H,36,44)(H,37,43)(H,38,41)/t24-,26-,29+,34+/m0/s1. The van der Waals surface area contributed by atoms with E-state index in [2.05, 4.69) is 21.1 Å². The van der Waals surface area contributed by atoms with Crippen molar-refractivity contribution >= 4 is 46.7 Å². The number of amides is 4. The Bertz CT molecular complexity index is 1350. The van der Waals surface area contributed by atoms with E-state index < -0.39 is 52.6 Å². The molecule has 0 bridgehead atoms. The second-order valence-corrected chi connectivity index (χ2v) is 14.5. The minimum Gasteiger partial charge on any atom is -0.387 e. The Morgan fingerprint density at radius 1 is 1.11 bits per heavy atom. The zero-order chi connectivity index (χ0) is 33.6. The lowest BCUT2D eigenvalue weighted by Crippen LogP contribution is -2.59. The highest BCUT2D eigenvalue weighted by atomic mass is 35.5. The Labute approximate surface area is 276 Å². The molecule has 2 fully saturated rings. The predicted octanol–water partition coefficient (Wildman–Crippen LogP) is 3.91. The normalized spacial score (nSPS) is 22.9. The van der Waals surface area contributed by atoms with E-state index >= 15 is 0 Å². The van der Waals surface area contributed by atoms with Gasteiger partial charge in [-0.2, -0.15) is 0 Å². The summed E-state index contributed by atoms with van der Waals surface area (Å²) in [5, 5.41) is 13.0. The van der Waals surface area contributed by atoms with Crippen LogP contribution >= 0.6 is 11.6 Å². The van der Waals surface area contributed by atoms with Gasteiger partial charge in [0.25, 0.3) is 5.91 Å². The topological polar surface area (TPSA) is 146 Å². The van der Waals surface area contributed by atoms with Gasteiger partial charge >= 0.3 is 0 Å². The first kappa shape index (κ1) is 35.4. The van der Waals surface area contributed by atoms with Crippen LogP contribution in [-0.2, 0) is 28.8 Å². The van der Waals surface area contributed by atoms with Crippen LogP contribution in [0.15, 0.2) is 29.4 Å². The number of nitrogens with zero attached hydrogens (tertiary/aromatic N) is 2. The maximum Gasteiger partial charge on any atom is 0.289 e. The summed E-state index contributed by atoms with van der Waals surface area (Å²) in [6.07, 6.45) is 6.97. The molecular weight excluding hydrogens is 610 g/mol. The number of rotatable bonds is 11. The van der Waals surface area contributed by atoms with E-state index in [4.69, 9.17) is 16.4 Å². The zero-order valence-electron chi connectivity index (χ0n) is 27.6. The van der Waals surface area contributed by atoms with Gasteiger partial charge in [0.1, 0.15) is 12.1 Å². The van der Waals surface area contributed by atoms with Crippen LogP contribution in [0.4, 0.5) is 0 Å². The van der Waals surface area contributed by atoms with Crippen molar-refractivity contribution in [2.75, 3.05) is 13.6 Å². The SMILES string of the molecule is CCC[C@H](NC(=O)[C@@H]1C[C@]2(CC(c3cccc(Cl)c3)=NO2)CN1C(=O)[C@@H](NC(=O)CC1CCCCC1)C(C)(C)C)C(=O)C(=O)NC. The molecule has 0 unspecified atom stereocenters. The predicted molar refractivity (Wildman–Crippen MR) is 175 cm³/mol. The molecule has 11 nitrogen and oxygen atoms in total. The number of halogens is 1. The lowest BCUT2D eigenvalue weighted by atomic mass is 9.84. The molecule has 46 heavy (non-hydrogen) atoms. The van der Waals surface area contributed by atoms with Crippen molar-refractivity contribution < 1.29 is 28.8 Å². The van der Waals surface area contributed by atoms with Gasteiger partial charge in [-0.25, -0.2) is 0 Å². The van der Waals surface area contributed by atoms with Gasteiger partial charge < -0.3 is 25.7 Å². The molecule has 1 aliphatic carbocycles. The van der Waals surface area contributed by atoms with Crippen LogP contribution in [-0.4, -0.2) is 77.3 Å². The van der Waals surface area contributed by atoms with Crippen LogP contribution < -0.4 is 16.0 Å². The monoisotopic (exact) mass is 657 g/mol. The van der Waals surface area contributed by atoms with Crippen molar-refractivity contribution in [1.29, 1.82) is 0 Å². The van der Waals surface area contributed by atoms with Gasteiger partial charge in [0.2, 0.25) is 23.5 Å². The van der Waals surface area contributed by atoms with E-state index in [1.165, 1.54) is 18.4 Å². The summed E-state index contributed by atoms with van der Waals surface area (Å²) < 4.78 is 0. The molecule has 3 N–H and O–H groups in total. The van der Waals surface area contributed by atoms with E-state index in [9.17, 15) is 24.0 Å². The summed E-state index contributed by atoms with van der Waals surface area (Å²) in [5.74, 6) is -2.43. The Kier molecular flexibility index (Phi) is 11.5. The first-order valence-corrected chi connectivity index (χ1v) is 16.8. The molecule has 252 valence electrons. The number of hydrogen-bond donors (Lipinski definition) is 3. The van der Waals surface area contributed by atoms with Gasteiger partial charge in [-0.1, -0.05) is 82.3 Å². The number of likely N-dealkylation sites (N-methyl/N-ethyl adjacent to an activating group) is 1. The fourth-order valence-electron chi connectivity index (χ4n) is 6.75. The molecule has 1 aromatic rings. The fraction of sp³-hybridized carbons (Fsp3) is 0.647. The number of likely N-dealkylation sites (tertiary alicyclic amines) is 1. The van der Waals surface area contributed by atoms with Crippen molar-refractivity contribution in [3.05, 3.63) is 34.9 Å². The van der Waals surface area contributed by atoms with Crippen molar-refractivity contribution in [2.45, 2.75) is 116 Å². The highest BCUT2D eigenvalue weighted by Crippen LogP contribution is 2.40. The molecule has 2 heterocycles. The number of carbonyl (C=O) groups excluding carboxylic acids is 5. The summed E-state index contributed by atoms with van der Waals surface area (Å²) in [6, 6.07) is 4.22. The van der Waals surface area contributed by atoms with Crippen LogP contribution in [0, 0.1) is 11.3 Å². The van der Waals surface area contributed by atoms with Crippen molar-refractivity contribution in [2.24, 2.45) is 16.5 Å². The lowest BCUT2D eigenvalue weighted by Gasteiger charge is -2.36. The number of benzene rings is 1. The van der Waals surface area contributed by atoms with E-state index in [-0.39, 0.29) is 25.3 Å². The molecule has 4 atom stereocenters. The second kappa shape index (κ2) is 15.0. The quantitative estimate of drug-likeness (QED) is 0.308. The van der Waals surface area contributed by atoms with E-state index in [1.54, 1.807) is 12.1 Å². The maximum absolute atomic E-state index is 14.5. The van der Waals surface area contributed by atoms with Gasteiger partial charge in [0, 0.05) is 36.9 Å². The van der Waals surface area contributed by atoms with Gasteiger partial charge in [-0.15, -0.1) is 0 Å². The second-order valence-electron chi connectivity index (χ2n) is 14.1. The van der Waals surface area contributed by atoms with Gasteiger partial charge in [-0.3, -0.25) is 24.0 Å². The molecule has 2 aliphatic heterocycles. The summed E-state index contributed by atoms with van der Waals surface area (Å²) in [6.45, 7) is 7.53. The third-order valence-corrected chi connectivity index (χ3v) is 9.50. The molecule has 3 aliphatic rings. The Morgan fingerprint density at radius 2 is 1.83 bits per heavy atom. The van der Waals surface area contributed by atoms with E-state index in [0.29, 0.717) is 35.9 Å². The van der Waals surface area contributed by atoms with Gasteiger partial charge in [0.15, 0.2) is 5.60 Å². The molecule has 4 rings (SSSR count). The zero-order valence-corrected chi connectivity index (χ0v) is 28.4. The smallest absolute Gasteiger partial charge is 0.289 e. The number of ketones is 1. The Morgan fingerprint density at radius 3 is 2.46 bits per heavy atom. The van der Waals surface area contributed by atoms with E-state index in [1.807, 2.05) is 39.8 Å². The Balaban J connectivity index is 1.60. The molecule has 12 heteroatoms. The molecule has 4 amide bonds. The van der Waals surface area contributed by atoms with E-state index in [0.717, 1.165) is 31.2 Å². The first-order chi connectivity index (χ1) is 21.8. The number of hydrogen-bond acceptors (Lipinski definition) is 7. The number of nitrogens with one attached hydrogen (secondary N) is 3. The van der Waals surface area contributed by atoms with Crippen molar-refractivity contribution in [3.8, 4) is 0 Å². The van der Waals surface area contributed by atoms with Crippen LogP contribution in [0.25, 0.3) is 0 Å². The van der Waals surface area contributed by atoms with Gasteiger partial charge in [-0.05, 0) is 42.7 Å². The molecule has 1 saturated heterocycles. The van der Waals surface area contributed by atoms with Crippen LogP contribution in [0.2, 0.25) is 5.02 Å².